The number of carbonyl (C=O) groups is 2. The molecule has 0 aliphatic rings. The number of hydrogen-bond donors (Lipinski definition) is 2. The summed E-state index contributed by atoms with van der Waals surface area (Å²) in [5.74, 6) is -1.41. The van der Waals surface area contributed by atoms with Crippen molar-refractivity contribution in [3.05, 3.63) is 76.0 Å². The standard InChI is InChI=1S/C19H11Cl2F3N4O3/c20-10-8-25-18(26-9-10)31-15-6-5-11(7-13(15)19(22,23)24)27-17(30)28-16(29)12-3-1-2-4-14(12)21/h1-9H,(H2,27,28,29,30). The van der Waals surface area contributed by atoms with Crippen LogP contribution >= 0.6 is 23.2 Å². The van der Waals surface area contributed by atoms with Crippen LogP contribution in [0.3, 0.4) is 0 Å². The highest BCUT2D eigenvalue weighted by molar-refractivity contribution is 6.34. The van der Waals surface area contributed by atoms with Crippen LogP contribution in [0.1, 0.15) is 15.9 Å². The molecule has 0 aliphatic heterocycles. The summed E-state index contributed by atoms with van der Waals surface area (Å²) in [6.07, 6.45) is -2.50. The minimum atomic E-state index is -4.82. The number of nitrogens with zero attached hydrogens (tertiary/aromatic N) is 2. The van der Waals surface area contributed by atoms with Crippen LogP contribution in [0.5, 0.6) is 11.8 Å². The third kappa shape index (κ3) is 5.83. The fourth-order valence-corrected chi connectivity index (χ4v) is 2.67. The van der Waals surface area contributed by atoms with E-state index in [0.29, 0.717) is 6.07 Å². The Bertz CT molecular complexity index is 1130. The van der Waals surface area contributed by atoms with Gasteiger partial charge in [-0.25, -0.2) is 14.8 Å². The number of rotatable bonds is 4. The fraction of sp³-hybridized carbons (Fsp3) is 0.0526. The lowest BCUT2D eigenvalue weighted by molar-refractivity contribution is -0.138. The van der Waals surface area contributed by atoms with Gasteiger partial charge >= 0.3 is 18.2 Å². The van der Waals surface area contributed by atoms with Crippen LogP contribution in [0.25, 0.3) is 0 Å². The number of benzene rings is 2. The van der Waals surface area contributed by atoms with E-state index in [1.54, 1.807) is 6.07 Å². The van der Waals surface area contributed by atoms with Crippen molar-refractivity contribution in [1.82, 2.24) is 15.3 Å². The quantitative estimate of drug-likeness (QED) is 0.520. The summed E-state index contributed by atoms with van der Waals surface area (Å²) in [4.78, 5) is 31.5. The van der Waals surface area contributed by atoms with Gasteiger partial charge in [0.25, 0.3) is 5.91 Å². The number of amides is 3. The Balaban J connectivity index is 1.77. The number of aromatic nitrogens is 2. The molecule has 0 saturated carbocycles. The van der Waals surface area contributed by atoms with Crippen molar-refractivity contribution in [3.63, 3.8) is 0 Å². The number of halogens is 5. The zero-order valence-corrected chi connectivity index (χ0v) is 16.7. The number of hydrogen-bond acceptors (Lipinski definition) is 5. The highest BCUT2D eigenvalue weighted by atomic mass is 35.5. The van der Waals surface area contributed by atoms with Gasteiger partial charge in [-0.05, 0) is 30.3 Å². The van der Waals surface area contributed by atoms with Crippen molar-refractivity contribution in [2.75, 3.05) is 5.32 Å². The predicted octanol–water partition coefficient (Wildman–Crippen LogP) is 5.56. The minimum Gasteiger partial charge on any atom is -0.424 e. The Morgan fingerprint density at radius 1 is 1.00 bits per heavy atom. The molecule has 3 aromatic rings. The molecule has 12 heteroatoms. The number of carbonyl (C=O) groups excluding carboxylic acids is 2. The Labute approximate surface area is 183 Å². The molecule has 3 amide bonds. The van der Waals surface area contributed by atoms with E-state index in [4.69, 9.17) is 27.9 Å². The molecule has 7 nitrogen and oxygen atoms in total. The maximum absolute atomic E-state index is 13.5. The Morgan fingerprint density at radius 2 is 1.68 bits per heavy atom. The largest absolute Gasteiger partial charge is 0.424 e. The first kappa shape index (κ1) is 22.3. The molecule has 1 aromatic heterocycles. The molecule has 1 heterocycles. The molecule has 0 bridgehead atoms. The molecule has 0 saturated heterocycles. The number of urea groups is 1. The average Bonchev–Trinajstić information content (AvgIpc) is 2.70. The summed E-state index contributed by atoms with van der Waals surface area (Å²) in [5.41, 5.74) is -1.40. The van der Waals surface area contributed by atoms with Crippen LogP contribution in [-0.4, -0.2) is 21.9 Å². The first-order chi connectivity index (χ1) is 14.6. The topological polar surface area (TPSA) is 93.2 Å². The molecule has 2 N–H and O–H groups in total. The maximum Gasteiger partial charge on any atom is 0.420 e. The van der Waals surface area contributed by atoms with Gasteiger partial charge in [0.1, 0.15) is 11.3 Å². The summed E-state index contributed by atoms with van der Waals surface area (Å²) in [5, 5.41) is 4.43. The van der Waals surface area contributed by atoms with Crippen molar-refractivity contribution >= 4 is 40.8 Å². The molecular weight excluding hydrogens is 460 g/mol. The molecule has 0 atom stereocenters. The Kier molecular flexibility index (Phi) is 6.62. The van der Waals surface area contributed by atoms with E-state index in [0.717, 1.165) is 24.5 Å². The number of imide groups is 1. The van der Waals surface area contributed by atoms with E-state index in [9.17, 15) is 22.8 Å². The van der Waals surface area contributed by atoms with E-state index in [1.807, 2.05) is 5.32 Å². The van der Waals surface area contributed by atoms with Crippen molar-refractivity contribution in [2.45, 2.75) is 6.18 Å². The van der Waals surface area contributed by atoms with Gasteiger partial charge in [0.2, 0.25) is 0 Å². The van der Waals surface area contributed by atoms with Crippen molar-refractivity contribution in [3.8, 4) is 11.8 Å². The summed E-state index contributed by atoms with van der Waals surface area (Å²) in [6, 6.07) is 7.35. The fourth-order valence-electron chi connectivity index (χ4n) is 2.35. The Morgan fingerprint density at radius 3 is 2.32 bits per heavy atom. The monoisotopic (exact) mass is 470 g/mol. The molecule has 0 fully saturated rings. The zero-order chi connectivity index (χ0) is 22.6. The highest BCUT2D eigenvalue weighted by Crippen LogP contribution is 2.39. The van der Waals surface area contributed by atoms with Crippen LogP contribution < -0.4 is 15.4 Å². The normalized spacial score (nSPS) is 11.0. The minimum absolute atomic E-state index is 0.0296. The zero-order valence-electron chi connectivity index (χ0n) is 15.2. The lowest BCUT2D eigenvalue weighted by Crippen LogP contribution is -2.34. The van der Waals surface area contributed by atoms with Gasteiger partial charge in [0.05, 0.1) is 28.0 Å². The van der Waals surface area contributed by atoms with E-state index in [1.165, 1.54) is 18.2 Å². The molecule has 2 aromatic carbocycles. The van der Waals surface area contributed by atoms with Crippen LogP contribution in [0.2, 0.25) is 10.0 Å². The number of nitrogens with one attached hydrogen (secondary N) is 2. The predicted molar refractivity (Wildman–Crippen MR) is 106 cm³/mol. The van der Waals surface area contributed by atoms with Crippen molar-refractivity contribution in [2.24, 2.45) is 0 Å². The van der Waals surface area contributed by atoms with Crippen LogP contribution in [0.15, 0.2) is 54.9 Å². The summed E-state index contributed by atoms with van der Waals surface area (Å²) in [6.45, 7) is 0. The van der Waals surface area contributed by atoms with Gasteiger partial charge in [-0.2, -0.15) is 13.2 Å². The molecular formula is C19H11Cl2F3N4O3. The second-order valence-corrected chi connectivity index (χ2v) is 6.73. The first-order valence-corrected chi connectivity index (χ1v) is 9.12. The summed E-state index contributed by atoms with van der Waals surface area (Å²) < 4.78 is 45.5. The number of alkyl halides is 3. The van der Waals surface area contributed by atoms with Gasteiger partial charge < -0.3 is 10.1 Å². The van der Waals surface area contributed by atoms with Crippen LogP contribution in [0.4, 0.5) is 23.7 Å². The van der Waals surface area contributed by atoms with Gasteiger partial charge in [-0.3, -0.25) is 10.1 Å². The van der Waals surface area contributed by atoms with Crippen molar-refractivity contribution in [1.29, 1.82) is 0 Å². The van der Waals surface area contributed by atoms with Gasteiger partial charge in [0.15, 0.2) is 0 Å². The Hall–Kier alpha value is -3.37. The van der Waals surface area contributed by atoms with Crippen LogP contribution in [-0.2, 0) is 6.18 Å². The molecule has 3 rings (SSSR count). The van der Waals surface area contributed by atoms with E-state index >= 15 is 0 Å². The van der Waals surface area contributed by atoms with Crippen LogP contribution in [0, 0.1) is 0 Å². The van der Waals surface area contributed by atoms with E-state index in [-0.39, 0.29) is 27.3 Å². The smallest absolute Gasteiger partial charge is 0.420 e. The molecule has 0 spiro atoms. The lowest BCUT2D eigenvalue weighted by Gasteiger charge is -2.15. The molecule has 31 heavy (non-hydrogen) atoms. The third-order valence-corrected chi connectivity index (χ3v) is 4.21. The van der Waals surface area contributed by atoms with Crippen molar-refractivity contribution < 1.29 is 27.5 Å². The van der Waals surface area contributed by atoms with Gasteiger partial charge in [0, 0.05) is 5.69 Å². The van der Waals surface area contributed by atoms with E-state index < -0.39 is 29.4 Å². The summed E-state index contributed by atoms with van der Waals surface area (Å²) >= 11 is 11.5. The highest BCUT2D eigenvalue weighted by Gasteiger charge is 2.35. The lowest BCUT2D eigenvalue weighted by atomic mass is 10.1. The molecule has 160 valence electrons. The second kappa shape index (κ2) is 9.19. The first-order valence-electron chi connectivity index (χ1n) is 8.37. The summed E-state index contributed by atoms with van der Waals surface area (Å²) in [7, 11) is 0. The van der Waals surface area contributed by atoms with Gasteiger partial charge in [-0.1, -0.05) is 35.3 Å². The maximum atomic E-state index is 13.5. The number of anilines is 1. The second-order valence-electron chi connectivity index (χ2n) is 5.88. The van der Waals surface area contributed by atoms with E-state index in [2.05, 4.69) is 15.3 Å². The molecule has 0 aliphatic carbocycles. The number of ether oxygens (including phenoxy) is 1. The molecule has 0 unspecified atom stereocenters. The molecule has 0 radical (unpaired) electrons. The average molecular weight is 471 g/mol. The van der Waals surface area contributed by atoms with Gasteiger partial charge in [-0.15, -0.1) is 0 Å². The SMILES string of the molecule is O=C(NC(=O)c1ccccc1Cl)Nc1ccc(Oc2ncc(Cl)cn2)c(C(F)(F)F)c1. The third-order valence-electron chi connectivity index (χ3n) is 3.69.